The van der Waals surface area contributed by atoms with E-state index in [0.717, 1.165) is 16.6 Å². The van der Waals surface area contributed by atoms with Gasteiger partial charge in [0.1, 0.15) is 18.2 Å². The van der Waals surface area contributed by atoms with Crippen LogP contribution in [0.4, 0.5) is 0 Å². The molecule has 0 spiro atoms. The van der Waals surface area contributed by atoms with Gasteiger partial charge in [-0.05, 0) is 48.6 Å². The lowest BCUT2D eigenvalue weighted by molar-refractivity contribution is -0.660. The van der Waals surface area contributed by atoms with E-state index in [1.807, 2.05) is 0 Å². The third kappa shape index (κ3) is 2.76. The maximum absolute atomic E-state index is 6.53. The summed E-state index contributed by atoms with van der Waals surface area (Å²) in [7, 11) is 2.12. The number of aryl methyl sites for hydroxylation is 3. The molecule has 154 valence electrons. The van der Waals surface area contributed by atoms with E-state index < -0.39 is 0 Å². The molecule has 0 fully saturated rings. The van der Waals surface area contributed by atoms with Crippen LogP contribution in [0.1, 0.15) is 11.1 Å². The Morgan fingerprint density at radius 2 is 1.38 bits per heavy atom. The Kier molecular flexibility index (Phi) is 4.16. The number of pyridine rings is 1. The van der Waals surface area contributed by atoms with Crippen molar-refractivity contribution in [3.63, 3.8) is 0 Å². The SMILES string of the molecule is Cc1c[n+](C)c(-c2ccc3c(oc4c5ccccc5ccc34)c2C)cc1-c1ccccc1. The molecule has 0 N–H and O–H groups in total. The lowest BCUT2D eigenvalue weighted by Gasteiger charge is -2.10. The number of benzene rings is 4. The summed E-state index contributed by atoms with van der Waals surface area (Å²) < 4.78 is 8.74. The molecule has 0 saturated heterocycles. The minimum Gasteiger partial charge on any atom is -0.455 e. The van der Waals surface area contributed by atoms with E-state index in [-0.39, 0.29) is 0 Å². The molecule has 0 aliphatic heterocycles. The first-order chi connectivity index (χ1) is 15.6. The summed E-state index contributed by atoms with van der Waals surface area (Å²) in [4.78, 5) is 0. The van der Waals surface area contributed by atoms with Crippen LogP contribution < -0.4 is 4.57 Å². The van der Waals surface area contributed by atoms with Crippen LogP contribution in [0, 0.1) is 13.8 Å². The summed E-state index contributed by atoms with van der Waals surface area (Å²) >= 11 is 0. The molecule has 0 radical (unpaired) electrons. The molecule has 2 heterocycles. The average molecular weight is 415 g/mol. The molecule has 6 aromatic rings. The summed E-state index contributed by atoms with van der Waals surface area (Å²) in [5.41, 5.74) is 9.24. The fraction of sp³-hybridized carbons (Fsp3) is 0.100. The highest BCUT2D eigenvalue weighted by Gasteiger charge is 2.20. The quantitative estimate of drug-likeness (QED) is 0.268. The first-order valence-corrected chi connectivity index (χ1v) is 11.0. The van der Waals surface area contributed by atoms with Gasteiger partial charge in [-0.1, -0.05) is 60.7 Å². The van der Waals surface area contributed by atoms with Crippen molar-refractivity contribution in [1.82, 2.24) is 0 Å². The minimum absolute atomic E-state index is 0.968. The highest BCUT2D eigenvalue weighted by Crippen LogP contribution is 2.38. The molecule has 0 saturated carbocycles. The molecular weight excluding hydrogens is 390 g/mol. The van der Waals surface area contributed by atoms with Gasteiger partial charge in [0.05, 0.1) is 5.56 Å². The molecule has 0 aliphatic rings. The Hall–Kier alpha value is -3.91. The largest absolute Gasteiger partial charge is 0.455 e. The first kappa shape index (κ1) is 18.8. The van der Waals surface area contributed by atoms with Gasteiger partial charge in [-0.2, -0.15) is 0 Å². The van der Waals surface area contributed by atoms with Gasteiger partial charge in [0, 0.05) is 33.4 Å². The zero-order chi connectivity index (χ0) is 21.8. The number of nitrogens with zero attached hydrogens (tertiary/aromatic N) is 1. The second-order valence-corrected chi connectivity index (χ2v) is 8.61. The van der Waals surface area contributed by atoms with Gasteiger partial charge in [0.2, 0.25) is 5.69 Å². The summed E-state index contributed by atoms with van der Waals surface area (Å²) in [6, 6.07) is 30.1. The van der Waals surface area contributed by atoms with Crippen molar-refractivity contribution in [3.05, 3.63) is 102 Å². The standard InChI is InChI=1S/C30H24NO/c1-19-18-31(3)28(17-27(19)21-9-5-4-6-10-21)23-15-16-25-26-14-13-22-11-7-8-12-24(22)30(26)32-29(25)20(23)2/h4-18H,1-3H3/q+1. The Morgan fingerprint density at radius 3 is 2.22 bits per heavy atom. The maximum Gasteiger partial charge on any atom is 0.213 e. The van der Waals surface area contributed by atoms with Gasteiger partial charge in [0.25, 0.3) is 0 Å². The number of fused-ring (bicyclic) bond motifs is 5. The number of rotatable bonds is 2. The topological polar surface area (TPSA) is 17.0 Å². The Labute approximate surface area is 187 Å². The average Bonchev–Trinajstić information content (AvgIpc) is 3.21. The van der Waals surface area contributed by atoms with E-state index >= 15 is 0 Å². The molecule has 0 atom stereocenters. The van der Waals surface area contributed by atoms with Crippen molar-refractivity contribution in [1.29, 1.82) is 0 Å². The third-order valence-electron chi connectivity index (χ3n) is 6.61. The number of furan rings is 1. The van der Waals surface area contributed by atoms with Crippen molar-refractivity contribution in [3.8, 4) is 22.4 Å². The Bertz CT molecular complexity index is 1640. The zero-order valence-electron chi connectivity index (χ0n) is 18.5. The summed E-state index contributed by atoms with van der Waals surface area (Å²) in [5, 5.41) is 4.71. The minimum atomic E-state index is 0.968. The van der Waals surface area contributed by atoms with Crippen molar-refractivity contribution >= 4 is 32.7 Å². The molecule has 4 aromatic carbocycles. The second-order valence-electron chi connectivity index (χ2n) is 8.61. The number of hydrogen-bond acceptors (Lipinski definition) is 1. The van der Waals surface area contributed by atoms with Crippen LogP contribution >= 0.6 is 0 Å². The lowest BCUT2D eigenvalue weighted by Crippen LogP contribution is -2.31. The smallest absolute Gasteiger partial charge is 0.213 e. The number of hydrogen-bond donors (Lipinski definition) is 0. The van der Waals surface area contributed by atoms with Crippen molar-refractivity contribution in [2.75, 3.05) is 0 Å². The van der Waals surface area contributed by atoms with Crippen LogP contribution in [0.5, 0.6) is 0 Å². The molecule has 2 heteroatoms. The molecule has 0 bridgehead atoms. The van der Waals surface area contributed by atoms with E-state index in [9.17, 15) is 0 Å². The second kappa shape index (κ2) is 7.06. The zero-order valence-corrected chi connectivity index (χ0v) is 18.5. The van der Waals surface area contributed by atoms with Crippen LogP contribution in [0.2, 0.25) is 0 Å². The van der Waals surface area contributed by atoms with Gasteiger partial charge < -0.3 is 4.42 Å². The van der Waals surface area contributed by atoms with Crippen LogP contribution in [0.3, 0.4) is 0 Å². The molecule has 32 heavy (non-hydrogen) atoms. The summed E-state index contributed by atoms with van der Waals surface area (Å²) in [5.74, 6) is 0. The van der Waals surface area contributed by atoms with Gasteiger partial charge in [0.15, 0.2) is 6.20 Å². The lowest BCUT2D eigenvalue weighted by atomic mass is 9.96. The molecule has 0 amide bonds. The van der Waals surface area contributed by atoms with Crippen LogP contribution in [-0.2, 0) is 7.05 Å². The Morgan fingerprint density at radius 1 is 0.656 bits per heavy atom. The monoisotopic (exact) mass is 414 g/mol. The van der Waals surface area contributed by atoms with E-state index in [1.54, 1.807) is 0 Å². The van der Waals surface area contributed by atoms with Gasteiger partial charge in [-0.25, -0.2) is 4.57 Å². The van der Waals surface area contributed by atoms with E-state index in [1.165, 1.54) is 49.7 Å². The predicted molar refractivity (Wildman–Crippen MR) is 133 cm³/mol. The van der Waals surface area contributed by atoms with Crippen LogP contribution in [0.25, 0.3) is 55.1 Å². The van der Waals surface area contributed by atoms with Gasteiger partial charge >= 0.3 is 0 Å². The van der Waals surface area contributed by atoms with E-state index in [4.69, 9.17) is 4.42 Å². The van der Waals surface area contributed by atoms with E-state index in [2.05, 4.69) is 117 Å². The van der Waals surface area contributed by atoms with Crippen molar-refractivity contribution in [2.24, 2.45) is 7.05 Å². The summed E-state index contributed by atoms with van der Waals surface area (Å²) in [6.07, 6.45) is 2.22. The number of aromatic nitrogens is 1. The maximum atomic E-state index is 6.53. The molecule has 0 unspecified atom stereocenters. The molecule has 2 nitrogen and oxygen atoms in total. The predicted octanol–water partition coefficient (Wildman–Crippen LogP) is 7.51. The third-order valence-corrected chi connectivity index (χ3v) is 6.61. The molecular formula is C30H24NO+. The highest BCUT2D eigenvalue weighted by molar-refractivity contribution is 6.16. The Balaban J connectivity index is 1.61. The molecule has 2 aromatic heterocycles. The van der Waals surface area contributed by atoms with Gasteiger partial charge in [-0.15, -0.1) is 0 Å². The van der Waals surface area contributed by atoms with Crippen molar-refractivity contribution in [2.45, 2.75) is 13.8 Å². The summed E-state index contributed by atoms with van der Waals surface area (Å²) in [6.45, 7) is 4.34. The highest BCUT2D eigenvalue weighted by atomic mass is 16.3. The molecule has 0 aliphatic carbocycles. The molecule has 6 rings (SSSR count). The normalized spacial score (nSPS) is 11.6. The first-order valence-electron chi connectivity index (χ1n) is 11.0. The van der Waals surface area contributed by atoms with Crippen LogP contribution in [0.15, 0.2) is 95.5 Å². The van der Waals surface area contributed by atoms with Crippen LogP contribution in [-0.4, -0.2) is 0 Å². The van der Waals surface area contributed by atoms with Gasteiger partial charge in [-0.3, -0.25) is 0 Å². The van der Waals surface area contributed by atoms with Crippen molar-refractivity contribution < 1.29 is 8.98 Å². The fourth-order valence-electron chi connectivity index (χ4n) is 4.96. The fourth-order valence-corrected chi connectivity index (χ4v) is 4.96. The van der Waals surface area contributed by atoms with E-state index in [0.29, 0.717) is 0 Å².